The number of hydrogen-bond acceptors (Lipinski definition) is 1. The second kappa shape index (κ2) is 12.5. The van der Waals surface area contributed by atoms with E-state index in [1.54, 1.807) is 0 Å². The van der Waals surface area contributed by atoms with E-state index in [2.05, 4.69) is 216 Å². The lowest BCUT2D eigenvalue weighted by atomic mass is 9.94. The van der Waals surface area contributed by atoms with Crippen LogP contribution in [0, 0.1) is 0 Å². The minimum absolute atomic E-state index is 1.12. The van der Waals surface area contributed by atoms with Crippen LogP contribution in [0.5, 0.6) is 0 Å². The van der Waals surface area contributed by atoms with Crippen molar-refractivity contribution in [2.75, 3.05) is 4.90 Å². The van der Waals surface area contributed by atoms with Gasteiger partial charge in [-0.05, 0) is 93.0 Å². The standard InChI is InChI=1S/C50H34N2/c1-3-13-38(14-4-1)44-22-11-17-39-29-34-48-50(49(39)44)45-21-9-10-23-47(45)52(48)42-32-27-36(28-33-42)35-25-30-41(31-26-35)51(40-18-5-2-6-19-40)46-24-12-16-37-15-7-8-20-43(37)46/h1-34H. The van der Waals surface area contributed by atoms with Crippen molar-refractivity contribution in [2.45, 2.75) is 0 Å². The van der Waals surface area contributed by atoms with Crippen molar-refractivity contribution in [2.24, 2.45) is 0 Å². The van der Waals surface area contributed by atoms with Crippen LogP contribution >= 0.6 is 0 Å². The fourth-order valence-corrected chi connectivity index (χ4v) is 7.99. The van der Waals surface area contributed by atoms with Gasteiger partial charge in [0.25, 0.3) is 0 Å². The molecule has 0 aliphatic carbocycles. The van der Waals surface area contributed by atoms with Gasteiger partial charge < -0.3 is 9.47 Å². The normalized spacial score (nSPS) is 11.5. The number of benzene rings is 9. The van der Waals surface area contributed by atoms with E-state index in [1.807, 2.05) is 0 Å². The Bertz CT molecular complexity index is 2860. The molecule has 0 radical (unpaired) electrons. The molecule has 0 spiro atoms. The van der Waals surface area contributed by atoms with Crippen molar-refractivity contribution in [3.8, 4) is 27.9 Å². The highest BCUT2D eigenvalue weighted by Crippen LogP contribution is 2.42. The Morgan fingerprint density at radius 2 is 0.923 bits per heavy atom. The Balaban J connectivity index is 1.06. The quantitative estimate of drug-likeness (QED) is 0.172. The number of fused-ring (bicyclic) bond motifs is 6. The van der Waals surface area contributed by atoms with E-state index < -0.39 is 0 Å². The summed E-state index contributed by atoms with van der Waals surface area (Å²) >= 11 is 0. The molecule has 0 saturated heterocycles. The maximum Gasteiger partial charge on any atom is 0.0547 e. The van der Waals surface area contributed by atoms with E-state index in [9.17, 15) is 0 Å². The van der Waals surface area contributed by atoms with Gasteiger partial charge in [-0.25, -0.2) is 0 Å². The summed E-state index contributed by atoms with van der Waals surface area (Å²) in [7, 11) is 0. The summed E-state index contributed by atoms with van der Waals surface area (Å²) in [6, 6.07) is 74.5. The first-order chi connectivity index (χ1) is 25.8. The van der Waals surface area contributed by atoms with E-state index in [-0.39, 0.29) is 0 Å². The Labute approximate surface area is 303 Å². The van der Waals surface area contributed by atoms with Crippen molar-refractivity contribution < 1.29 is 0 Å². The molecule has 0 N–H and O–H groups in total. The highest BCUT2D eigenvalue weighted by Gasteiger charge is 2.18. The summed E-state index contributed by atoms with van der Waals surface area (Å²) in [6.07, 6.45) is 0. The number of aromatic nitrogens is 1. The molecule has 244 valence electrons. The summed E-state index contributed by atoms with van der Waals surface area (Å²) in [5, 5.41) is 7.56. The van der Waals surface area contributed by atoms with Crippen LogP contribution in [-0.2, 0) is 0 Å². The largest absolute Gasteiger partial charge is 0.310 e. The van der Waals surface area contributed by atoms with Crippen molar-refractivity contribution in [1.29, 1.82) is 0 Å². The minimum atomic E-state index is 1.12. The molecular formula is C50H34N2. The molecule has 9 aromatic carbocycles. The first-order valence-corrected chi connectivity index (χ1v) is 17.9. The predicted molar refractivity (Wildman–Crippen MR) is 221 cm³/mol. The minimum Gasteiger partial charge on any atom is -0.310 e. The van der Waals surface area contributed by atoms with E-state index in [1.165, 1.54) is 65.6 Å². The van der Waals surface area contributed by atoms with Crippen molar-refractivity contribution in [1.82, 2.24) is 4.57 Å². The molecule has 2 heteroatoms. The third-order valence-corrected chi connectivity index (χ3v) is 10.4. The van der Waals surface area contributed by atoms with Crippen LogP contribution in [0.4, 0.5) is 17.1 Å². The molecule has 1 aromatic heterocycles. The second-order valence-corrected chi connectivity index (χ2v) is 13.3. The number of para-hydroxylation sites is 2. The zero-order valence-electron chi connectivity index (χ0n) is 28.5. The van der Waals surface area contributed by atoms with Gasteiger partial charge in [0.1, 0.15) is 0 Å². The van der Waals surface area contributed by atoms with Crippen LogP contribution < -0.4 is 4.90 Å². The molecule has 1 heterocycles. The Hall–Kier alpha value is -6.90. The molecule has 0 unspecified atom stereocenters. The molecule has 0 aliphatic rings. The van der Waals surface area contributed by atoms with E-state index in [4.69, 9.17) is 0 Å². The zero-order chi connectivity index (χ0) is 34.4. The SMILES string of the molecule is c1ccc(-c2cccc3ccc4c(c5ccccc5n4-c4ccc(-c5ccc(N(c6ccccc6)c6cccc7ccccc67)cc5)cc4)c23)cc1. The van der Waals surface area contributed by atoms with Crippen LogP contribution in [0.2, 0.25) is 0 Å². The van der Waals surface area contributed by atoms with E-state index in [0.717, 1.165) is 22.7 Å². The van der Waals surface area contributed by atoms with Crippen LogP contribution in [0.3, 0.4) is 0 Å². The van der Waals surface area contributed by atoms with Gasteiger partial charge in [-0.1, -0.05) is 152 Å². The first kappa shape index (κ1) is 30.0. The van der Waals surface area contributed by atoms with Gasteiger partial charge in [0.05, 0.1) is 16.7 Å². The lowest BCUT2D eigenvalue weighted by Crippen LogP contribution is -2.10. The average Bonchev–Trinajstić information content (AvgIpc) is 3.56. The Kier molecular flexibility index (Phi) is 7.18. The Morgan fingerprint density at radius 3 is 1.71 bits per heavy atom. The monoisotopic (exact) mass is 662 g/mol. The van der Waals surface area contributed by atoms with Crippen molar-refractivity contribution in [3.63, 3.8) is 0 Å². The zero-order valence-corrected chi connectivity index (χ0v) is 28.5. The molecule has 0 saturated carbocycles. The Morgan fingerprint density at radius 1 is 0.327 bits per heavy atom. The van der Waals surface area contributed by atoms with Gasteiger partial charge in [-0.15, -0.1) is 0 Å². The highest BCUT2D eigenvalue weighted by atomic mass is 15.1. The molecule has 0 atom stereocenters. The molecule has 0 bridgehead atoms. The molecule has 0 aliphatic heterocycles. The fourth-order valence-electron chi connectivity index (χ4n) is 7.99. The van der Waals surface area contributed by atoms with Crippen molar-refractivity contribution >= 4 is 60.4 Å². The number of hydrogen-bond donors (Lipinski definition) is 0. The number of anilines is 3. The summed E-state index contributed by atoms with van der Waals surface area (Å²) in [6.45, 7) is 0. The van der Waals surface area contributed by atoms with Gasteiger partial charge in [0.2, 0.25) is 0 Å². The molecule has 0 amide bonds. The maximum atomic E-state index is 2.42. The molecule has 0 fully saturated rings. The maximum absolute atomic E-state index is 2.42. The van der Waals surface area contributed by atoms with Gasteiger partial charge in [0.15, 0.2) is 0 Å². The fraction of sp³-hybridized carbons (Fsp3) is 0. The summed E-state index contributed by atoms with van der Waals surface area (Å²) in [5.74, 6) is 0. The molecule has 2 nitrogen and oxygen atoms in total. The smallest absolute Gasteiger partial charge is 0.0547 e. The summed E-state index contributed by atoms with van der Waals surface area (Å²) < 4.78 is 2.42. The van der Waals surface area contributed by atoms with Crippen LogP contribution in [-0.4, -0.2) is 4.57 Å². The van der Waals surface area contributed by atoms with E-state index in [0.29, 0.717) is 0 Å². The van der Waals surface area contributed by atoms with Crippen LogP contribution in [0.25, 0.3) is 71.3 Å². The first-order valence-electron chi connectivity index (χ1n) is 17.9. The third kappa shape index (κ3) is 4.96. The van der Waals surface area contributed by atoms with Crippen molar-refractivity contribution in [3.05, 3.63) is 206 Å². The predicted octanol–water partition coefficient (Wildman–Crippen LogP) is 13.9. The molecule has 10 aromatic rings. The molecule has 10 rings (SSSR count). The summed E-state index contributed by atoms with van der Waals surface area (Å²) in [4.78, 5) is 2.35. The van der Waals surface area contributed by atoms with Gasteiger partial charge >= 0.3 is 0 Å². The lowest BCUT2D eigenvalue weighted by Gasteiger charge is -2.27. The van der Waals surface area contributed by atoms with Crippen LogP contribution in [0.15, 0.2) is 206 Å². The number of nitrogens with zero attached hydrogens (tertiary/aromatic N) is 2. The number of rotatable bonds is 6. The summed E-state index contributed by atoms with van der Waals surface area (Å²) in [5.41, 5.74) is 11.8. The average molecular weight is 663 g/mol. The second-order valence-electron chi connectivity index (χ2n) is 13.3. The third-order valence-electron chi connectivity index (χ3n) is 10.4. The van der Waals surface area contributed by atoms with Gasteiger partial charge in [-0.2, -0.15) is 0 Å². The lowest BCUT2D eigenvalue weighted by molar-refractivity contribution is 1.18. The molecule has 52 heavy (non-hydrogen) atoms. The van der Waals surface area contributed by atoms with Gasteiger partial charge in [0, 0.05) is 33.2 Å². The van der Waals surface area contributed by atoms with Crippen LogP contribution in [0.1, 0.15) is 0 Å². The topological polar surface area (TPSA) is 8.17 Å². The molecular weight excluding hydrogens is 629 g/mol. The van der Waals surface area contributed by atoms with Gasteiger partial charge in [-0.3, -0.25) is 0 Å². The highest BCUT2D eigenvalue weighted by molar-refractivity contribution is 6.24. The van der Waals surface area contributed by atoms with E-state index >= 15 is 0 Å².